The molecule has 5 heterocycles. The smallest absolute Gasteiger partial charge is 0.154 e. The van der Waals surface area contributed by atoms with Gasteiger partial charge in [-0.2, -0.15) is 0 Å². The number of piperidine rings is 1. The second-order valence-corrected chi connectivity index (χ2v) is 8.98. The molecule has 2 aliphatic heterocycles. The molecule has 0 radical (unpaired) electrons. The van der Waals surface area contributed by atoms with E-state index < -0.39 is 0 Å². The molecule has 0 unspecified atom stereocenters. The van der Waals surface area contributed by atoms with Crippen molar-refractivity contribution in [1.29, 1.82) is 0 Å². The molecule has 6 rings (SSSR count). The number of benzene rings is 1. The Balaban J connectivity index is 1.36. The second kappa shape index (κ2) is 8.56. The molecule has 3 aromatic heterocycles. The summed E-state index contributed by atoms with van der Waals surface area (Å²) >= 11 is 0. The Morgan fingerprint density at radius 3 is 2.73 bits per heavy atom. The molecule has 1 N–H and O–H groups in total. The van der Waals surface area contributed by atoms with Gasteiger partial charge in [-0.05, 0) is 80.7 Å². The van der Waals surface area contributed by atoms with Crippen molar-refractivity contribution in [3.05, 3.63) is 77.9 Å². The fourth-order valence-electron chi connectivity index (χ4n) is 5.23. The Morgan fingerprint density at radius 1 is 0.970 bits per heavy atom. The number of hydrogen-bond donors (Lipinski definition) is 1. The Morgan fingerprint density at radius 2 is 1.85 bits per heavy atom. The fourth-order valence-corrected chi connectivity index (χ4v) is 5.23. The van der Waals surface area contributed by atoms with E-state index in [0.717, 1.165) is 79.4 Å². The van der Waals surface area contributed by atoms with Crippen molar-refractivity contribution in [1.82, 2.24) is 24.9 Å². The summed E-state index contributed by atoms with van der Waals surface area (Å²) in [7, 11) is 0. The van der Waals surface area contributed by atoms with Gasteiger partial charge < -0.3 is 10.2 Å². The molecule has 0 spiro atoms. The summed E-state index contributed by atoms with van der Waals surface area (Å²) in [6.45, 7) is 2.98. The third kappa shape index (κ3) is 3.86. The van der Waals surface area contributed by atoms with Gasteiger partial charge >= 0.3 is 0 Å². The third-order valence-electron chi connectivity index (χ3n) is 6.92. The summed E-state index contributed by atoms with van der Waals surface area (Å²) in [6, 6.07) is 17.3. The normalized spacial score (nSPS) is 19.4. The molecule has 2 saturated heterocycles. The molecule has 0 aliphatic carbocycles. The maximum atomic E-state index is 13.9. The van der Waals surface area contributed by atoms with Gasteiger partial charge in [0.1, 0.15) is 17.3 Å². The Hall–Kier alpha value is -3.32. The van der Waals surface area contributed by atoms with E-state index in [1.54, 1.807) is 12.1 Å². The Kier molecular flexibility index (Phi) is 5.26. The standard InChI is InChI=1S/C26H27FN6/c27-20-5-1-4-19(16-20)23-8-3-15-32(23)26-10-9-25-29-17-24(33(25)31-26)22-7-2-6-21(30-22)18-11-13-28-14-12-18/h1-2,4-7,9-10,16-18,23,28H,3,8,11-15H2/t23-/m1/s1. The van der Waals surface area contributed by atoms with Gasteiger partial charge in [0.05, 0.1) is 17.9 Å². The van der Waals surface area contributed by atoms with Crippen LogP contribution in [0.25, 0.3) is 17.0 Å². The molecule has 0 saturated carbocycles. The highest BCUT2D eigenvalue weighted by Crippen LogP contribution is 2.36. The van der Waals surface area contributed by atoms with Crippen LogP contribution in [0.2, 0.25) is 0 Å². The minimum absolute atomic E-state index is 0.124. The van der Waals surface area contributed by atoms with Crippen molar-refractivity contribution in [2.45, 2.75) is 37.6 Å². The molecule has 6 nitrogen and oxygen atoms in total. The Labute approximate surface area is 192 Å². The zero-order valence-corrected chi connectivity index (χ0v) is 18.5. The van der Waals surface area contributed by atoms with E-state index >= 15 is 0 Å². The first-order valence-corrected chi connectivity index (χ1v) is 11.8. The lowest BCUT2D eigenvalue weighted by molar-refractivity contribution is 0.453. The van der Waals surface area contributed by atoms with E-state index in [0.29, 0.717) is 5.92 Å². The van der Waals surface area contributed by atoms with Crippen LogP contribution in [0.4, 0.5) is 10.2 Å². The van der Waals surface area contributed by atoms with Gasteiger partial charge in [-0.3, -0.25) is 4.98 Å². The largest absolute Gasteiger partial charge is 0.348 e. The molecule has 0 amide bonds. The molecule has 2 aliphatic rings. The molecular formula is C26H27FN6. The minimum Gasteiger partial charge on any atom is -0.348 e. The van der Waals surface area contributed by atoms with Gasteiger partial charge in [0.15, 0.2) is 5.65 Å². The minimum atomic E-state index is -0.195. The molecule has 4 aromatic rings. The summed E-state index contributed by atoms with van der Waals surface area (Å²) in [5.74, 6) is 1.17. The van der Waals surface area contributed by atoms with Crippen LogP contribution in [-0.2, 0) is 0 Å². The monoisotopic (exact) mass is 442 g/mol. The highest BCUT2D eigenvalue weighted by Gasteiger charge is 2.28. The molecule has 33 heavy (non-hydrogen) atoms. The number of rotatable bonds is 4. The number of anilines is 1. The summed E-state index contributed by atoms with van der Waals surface area (Å²) in [5.41, 5.74) is 4.72. The molecule has 2 fully saturated rings. The number of pyridine rings is 1. The topological polar surface area (TPSA) is 58.4 Å². The lowest BCUT2D eigenvalue weighted by Crippen LogP contribution is -2.27. The van der Waals surface area contributed by atoms with Crippen molar-refractivity contribution < 1.29 is 4.39 Å². The van der Waals surface area contributed by atoms with Crippen molar-refractivity contribution in [3.63, 3.8) is 0 Å². The molecule has 7 heteroatoms. The highest BCUT2D eigenvalue weighted by atomic mass is 19.1. The summed E-state index contributed by atoms with van der Waals surface area (Å²) < 4.78 is 15.8. The zero-order chi connectivity index (χ0) is 22.2. The average Bonchev–Trinajstić information content (AvgIpc) is 3.52. The van der Waals surface area contributed by atoms with Gasteiger partial charge in [0.2, 0.25) is 0 Å². The Bertz CT molecular complexity index is 1280. The maximum Gasteiger partial charge on any atom is 0.154 e. The molecular weight excluding hydrogens is 415 g/mol. The van der Waals surface area contributed by atoms with Gasteiger partial charge in [-0.1, -0.05) is 18.2 Å². The van der Waals surface area contributed by atoms with Crippen molar-refractivity contribution >= 4 is 11.5 Å². The lowest BCUT2D eigenvalue weighted by Gasteiger charge is -2.26. The second-order valence-electron chi connectivity index (χ2n) is 8.98. The first kappa shape index (κ1) is 20.3. The van der Waals surface area contributed by atoms with Crippen molar-refractivity contribution in [2.75, 3.05) is 24.5 Å². The average molecular weight is 443 g/mol. The number of imidazole rings is 1. The van der Waals surface area contributed by atoms with Crippen molar-refractivity contribution in [2.24, 2.45) is 0 Å². The molecule has 1 aromatic carbocycles. The van der Waals surface area contributed by atoms with Crippen LogP contribution in [0, 0.1) is 5.82 Å². The maximum absolute atomic E-state index is 13.9. The van der Waals surface area contributed by atoms with Crippen LogP contribution in [0.5, 0.6) is 0 Å². The van der Waals surface area contributed by atoms with Gasteiger partial charge in [-0.15, -0.1) is 5.10 Å². The van der Waals surface area contributed by atoms with Crippen molar-refractivity contribution in [3.8, 4) is 11.4 Å². The zero-order valence-electron chi connectivity index (χ0n) is 18.5. The van der Waals surface area contributed by atoms with Gasteiger partial charge in [0, 0.05) is 18.2 Å². The van der Waals surface area contributed by atoms with Crippen LogP contribution in [0.3, 0.4) is 0 Å². The summed E-state index contributed by atoms with van der Waals surface area (Å²) in [4.78, 5) is 11.9. The highest BCUT2D eigenvalue weighted by molar-refractivity contribution is 5.61. The number of fused-ring (bicyclic) bond motifs is 1. The number of aromatic nitrogens is 4. The van der Waals surface area contributed by atoms with E-state index in [1.165, 1.54) is 6.07 Å². The van der Waals surface area contributed by atoms with Gasteiger partial charge in [0.25, 0.3) is 0 Å². The molecule has 0 bridgehead atoms. The predicted molar refractivity (Wildman–Crippen MR) is 127 cm³/mol. The van der Waals surface area contributed by atoms with Crippen LogP contribution in [-0.4, -0.2) is 39.2 Å². The first-order chi connectivity index (χ1) is 16.3. The molecule has 168 valence electrons. The first-order valence-electron chi connectivity index (χ1n) is 11.8. The summed E-state index contributed by atoms with van der Waals surface area (Å²) in [6.07, 6.45) is 6.12. The quantitative estimate of drug-likeness (QED) is 0.495. The lowest BCUT2D eigenvalue weighted by atomic mass is 9.94. The van der Waals surface area contributed by atoms with Gasteiger partial charge in [-0.25, -0.2) is 13.9 Å². The number of halogens is 1. The third-order valence-corrected chi connectivity index (χ3v) is 6.92. The summed E-state index contributed by atoms with van der Waals surface area (Å²) in [5, 5.41) is 8.40. The fraction of sp³-hybridized carbons (Fsp3) is 0.346. The van der Waals surface area contributed by atoms with Crippen LogP contribution >= 0.6 is 0 Å². The van der Waals surface area contributed by atoms with E-state index in [9.17, 15) is 4.39 Å². The molecule has 1 atom stereocenters. The number of nitrogens with zero attached hydrogens (tertiary/aromatic N) is 5. The van der Waals surface area contributed by atoms with E-state index in [4.69, 9.17) is 10.1 Å². The van der Waals surface area contributed by atoms with E-state index in [2.05, 4.69) is 27.3 Å². The number of hydrogen-bond acceptors (Lipinski definition) is 5. The number of nitrogens with one attached hydrogen (secondary N) is 1. The van der Waals surface area contributed by atoms with Crippen LogP contribution in [0.15, 0.2) is 60.8 Å². The SMILES string of the molecule is Fc1cccc([C@H]2CCCN2c2ccc3ncc(-c4cccc(C5CCNCC5)n4)n3n2)c1. The van der Waals surface area contributed by atoms with Crippen LogP contribution < -0.4 is 10.2 Å². The van der Waals surface area contributed by atoms with E-state index in [1.807, 2.05) is 35.0 Å². The predicted octanol–water partition coefficient (Wildman–Crippen LogP) is 4.74. The van der Waals surface area contributed by atoms with Crippen LogP contribution in [0.1, 0.15) is 48.9 Å². The van der Waals surface area contributed by atoms with E-state index in [-0.39, 0.29) is 11.9 Å².